The first-order valence-electron chi connectivity index (χ1n) is 8.15. The van der Waals surface area contributed by atoms with E-state index in [2.05, 4.69) is 33.3 Å². The highest BCUT2D eigenvalue weighted by atomic mass is 16.5. The van der Waals surface area contributed by atoms with Crippen molar-refractivity contribution in [2.75, 3.05) is 25.1 Å². The number of rotatable bonds is 5. The molecule has 1 saturated carbocycles. The number of methoxy groups -OCH3 is 1. The Morgan fingerprint density at radius 2 is 2.09 bits per heavy atom. The molecule has 1 aliphatic carbocycles. The second kappa shape index (κ2) is 5.63. The Labute approximate surface area is 130 Å². The molecule has 1 saturated heterocycles. The Bertz CT molecular complexity index is 656. The van der Waals surface area contributed by atoms with Crippen molar-refractivity contribution in [2.45, 2.75) is 38.1 Å². The topological polar surface area (TPSA) is 43.2 Å². The summed E-state index contributed by atoms with van der Waals surface area (Å²) in [7, 11) is 1.72. The van der Waals surface area contributed by atoms with E-state index in [9.17, 15) is 0 Å². The van der Waals surface area contributed by atoms with Crippen LogP contribution in [0.4, 0.5) is 5.82 Å². The SMILES string of the molecule is COc1cc(Cn2ccc(C3CC3)n2)cnc1N1CCCC1. The molecule has 0 N–H and O–H groups in total. The van der Waals surface area contributed by atoms with Gasteiger partial charge in [0.15, 0.2) is 11.6 Å². The first-order chi connectivity index (χ1) is 10.8. The van der Waals surface area contributed by atoms with Crippen LogP contribution in [0.3, 0.4) is 0 Å². The quantitative estimate of drug-likeness (QED) is 0.851. The van der Waals surface area contributed by atoms with Crippen LogP contribution in [-0.4, -0.2) is 35.0 Å². The highest BCUT2D eigenvalue weighted by Crippen LogP contribution is 2.38. The predicted octanol–water partition coefficient (Wildman–Crippen LogP) is 2.81. The van der Waals surface area contributed by atoms with Crippen LogP contribution in [0.2, 0.25) is 0 Å². The van der Waals surface area contributed by atoms with Crippen molar-refractivity contribution in [1.82, 2.24) is 14.8 Å². The largest absolute Gasteiger partial charge is 0.493 e. The molecule has 2 aromatic rings. The molecule has 4 rings (SSSR count). The third-order valence-corrected chi connectivity index (χ3v) is 4.52. The molecule has 116 valence electrons. The molecular formula is C17H22N4O. The van der Waals surface area contributed by atoms with Crippen molar-refractivity contribution >= 4 is 5.82 Å². The summed E-state index contributed by atoms with van der Waals surface area (Å²) in [6, 6.07) is 4.24. The van der Waals surface area contributed by atoms with Gasteiger partial charge in [-0.25, -0.2) is 4.98 Å². The molecule has 5 heteroatoms. The number of ether oxygens (including phenoxy) is 1. The third kappa shape index (κ3) is 2.67. The lowest BCUT2D eigenvalue weighted by molar-refractivity contribution is 0.412. The van der Waals surface area contributed by atoms with Gasteiger partial charge in [-0.05, 0) is 43.4 Å². The number of anilines is 1. The molecule has 0 bridgehead atoms. The van der Waals surface area contributed by atoms with Crippen LogP contribution >= 0.6 is 0 Å². The molecule has 0 spiro atoms. The van der Waals surface area contributed by atoms with E-state index in [-0.39, 0.29) is 0 Å². The fraction of sp³-hybridized carbons (Fsp3) is 0.529. The van der Waals surface area contributed by atoms with Gasteiger partial charge < -0.3 is 9.64 Å². The summed E-state index contributed by atoms with van der Waals surface area (Å²) in [5.74, 6) is 2.54. The number of hydrogen-bond acceptors (Lipinski definition) is 4. The average Bonchev–Trinajstić information content (AvgIpc) is 3.06. The molecule has 0 radical (unpaired) electrons. The summed E-state index contributed by atoms with van der Waals surface area (Å²) in [6.45, 7) is 2.90. The standard InChI is InChI=1S/C17H22N4O/c1-22-16-10-13(11-18-17(16)20-7-2-3-8-20)12-21-9-6-15(19-21)14-4-5-14/h6,9-11,14H,2-5,7-8,12H2,1H3. The van der Waals surface area contributed by atoms with Crippen LogP contribution in [0.15, 0.2) is 24.5 Å². The molecule has 22 heavy (non-hydrogen) atoms. The summed E-state index contributed by atoms with van der Waals surface area (Å²) in [5, 5.41) is 4.66. The third-order valence-electron chi connectivity index (χ3n) is 4.52. The molecule has 0 aromatic carbocycles. The van der Waals surface area contributed by atoms with Gasteiger partial charge in [0.2, 0.25) is 0 Å². The number of pyridine rings is 1. The van der Waals surface area contributed by atoms with Gasteiger partial charge in [-0.1, -0.05) is 0 Å². The van der Waals surface area contributed by atoms with E-state index in [0.717, 1.165) is 36.8 Å². The summed E-state index contributed by atoms with van der Waals surface area (Å²) in [4.78, 5) is 6.95. The molecule has 1 aliphatic heterocycles. The highest BCUT2D eigenvalue weighted by molar-refractivity contribution is 5.54. The zero-order valence-electron chi connectivity index (χ0n) is 13.0. The minimum absolute atomic E-state index is 0.700. The van der Waals surface area contributed by atoms with Crippen LogP contribution in [0.1, 0.15) is 42.9 Å². The highest BCUT2D eigenvalue weighted by Gasteiger charge is 2.25. The zero-order chi connectivity index (χ0) is 14.9. The van der Waals surface area contributed by atoms with Gasteiger partial charge in [0.25, 0.3) is 0 Å². The molecule has 0 amide bonds. The molecule has 2 aromatic heterocycles. The van der Waals surface area contributed by atoms with E-state index in [1.54, 1.807) is 7.11 Å². The lowest BCUT2D eigenvalue weighted by Crippen LogP contribution is -2.20. The maximum Gasteiger partial charge on any atom is 0.171 e. The van der Waals surface area contributed by atoms with Gasteiger partial charge in [-0.3, -0.25) is 4.68 Å². The molecule has 5 nitrogen and oxygen atoms in total. The monoisotopic (exact) mass is 298 g/mol. The second-order valence-electron chi connectivity index (χ2n) is 6.28. The maximum atomic E-state index is 5.56. The van der Waals surface area contributed by atoms with Crippen LogP contribution in [0, 0.1) is 0 Å². The van der Waals surface area contributed by atoms with Gasteiger partial charge in [-0.2, -0.15) is 5.10 Å². The molecule has 2 aliphatic rings. The van der Waals surface area contributed by atoms with Gasteiger partial charge in [-0.15, -0.1) is 0 Å². The Kier molecular flexibility index (Phi) is 3.48. The Morgan fingerprint density at radius 3 is 2.82 bits per heavy atom. The Balaban J connectivity index is 1.53. The van der Waals surface area contributed by atoms with E-state index < -0.39 is 0 Å². The number of aromatic nitrogens is 3. The van der Waals surface area contributed by atoms with E-state index >= 15 is 0 Å². The van der Waals surface area contributed by atoms with Gasteiger partial charge in [0.05, 0.1) is 19.3 Å². The van der Waals surface area contributed by atoms with Crippen LogP contribution < -0.4 is 9.64 Å². The normalized spacial score (nSPS) is 18.0. The van der Waals surface area contributed by atoms with Crippen molar-refractivity contribution in [3.8, 4) is 5.75 Å². The van der Waals surface area contributed by atoms with Crippen molar-refractivity contribution in [3.05, 3.63) is 35.8 Å². The fourth-order valence-corrected chi connectivity index (χ4v) is 3.13. The lowest BCUT2D eigenvalue weighted by Gasteiger charge is -2.19. The number of hydrogen-bond donors (Lipinski definition) is 0. The summed E-state index contributed by atoms with van der Waals surface area (Å²) in [5.41, 5.74) is 2.36. The Morgan fingerprint density at radius 1 is 1.27 bits per heavy atom. The van der Waals surface area contributed by atoms with E-state index in [4.69, 9.17) is 4.74 Å². The van der Waals surface area contributed by atoms with Crippen molar-refractivity contribution in [1.29, 1.82) is 0 Å². The van der Waals surface area contributed by atoms with E-state index in [1.165, 1.54) is 31.4 Å². The first-order valence-corrected chi connectivity index (χ1v) is 8.15. The summed E-state index contributed by atoms with van der Waals surface area (Å²) >= 11 is 0. The predicted molar refractivity (Wildman–Crippen MR) is 85.5 cm³/mol. The van der Waals surface area contributed by atoms with Crippen molar-refractivity contribution in [2.24, 2.45) is 0 Å². The van der Waals surface area contributed by atoms with Crippen molar-refractivity contribution < 1.29 is 4.74 Å². The Hall–Kier alpha value is -2.04. The average molecular weight is 298 g/mol. The molecule has 3 heterocycles. The van der Waals surface area contributed by atoms with Crippen LogP contribution in [0.5, 0.6) is 5.75 Å². The van der Waals surface area contributed by atoms with Crippen LogP contribution in [-0.2, 0) is 6.54 Å². The number of nitrogens with zero attached hydrogens (tertiary/aromatic N) is 4. The van der Waals surface area contributed by atoms with Crippen molar-refractivity contribution in [3.63, 3.8) is 0 Å². The maximum absolute atomic E-state index is 5.56. The zero-order valence-corrected chi connectivity index (χ0v) is 13.0. The van der Waals surface area contributed by atoms with E-state index in [1.807, 2.05) is 10.9 Å². The smallest absolute Gasteiger partial charge is 0.171 e. The van der Waals surface area contributed by atoms with E-state index in [0.29, 0.717) is 5.92 Å². The minimum atomic E-state index is 0.700. The fourth-order valence-electron chi connectivity index (χ4n) is 3.13. The molecule has 0 atom stereocenters. The first kappa shape index (κ1) is 13.6. The molecular weight excluding hydrogens is 276 g/mol. The lowest BCUT2D eigenvalue weighted by atomic mass is 10.2. The summed E-state index contributed by atoms with van der Waals surface area (Å²) in [6.07, 6.45) is 9.07. The van der Waals surface area contributed by atoms with Gasteiger partial charge in [0.1, 0.15) is 0 Å². The summed E-state index contributed by atoms with van der Waals surface area (Å²) < 4.78 is 7.56. The second-order valence-corrected chi connectivity index (χ2v) is 6.28. The molecule has 2 fully saturated rings. The van der Waals surface area contributed by atoms with Gasteiger partial charge in [0, 0.05) is 31.4 Å². The minimum Gasteiger partial charge on any atom is -0.493 e. The van der Waals surface area contributed by atoms with Crippen LogP contribution in [0.25, 0.3) is 0 Å². The van der Waals surface area contributed by atoms with Gasteiger partial charge >= 0.3 is 0 Å². The molecule has 0 unspecified atom stereocenters.